The Morgan fingerprint density at radius 1 is 0.588 bits per heavy atom. The van der Waals surface area contributed by atoms with Crippen LogP contribution in [0, 0.1) is 0 Å². The predicted molar refractivity (Wildman–Crippen MR) is 83.5 cm³/mol. The zero-order valence-corrected chi connectivity index (χ0v) is 13.3. The topological polar surface area (TPSA) is 227 Å². The molecular weight excluding hydrogens is 342 g/mol. The fourth-order valence-corrected chi connectivity index (χ4v) is 0. The zero-order chi connectivity index (χ0) is 10.8. The smallest absolute Gasteiger partial charge is 0.753 e. The molecule has 0 saturated heterocycles. The number of hydrogen-bond acceptors (Lipinski definition) is 6. The molecular formula is C4H12CrN7OS4+2. The molecule has 0 aromatic carbocycles. The van der Waals surface area contributed by atoms with E-state index in [-0.39, 0.29) is 41.3 Å². The zero-order valence-electron chi connectivity index (χ0n) is 8.74. The molecule has 0 rings (SSSR count). The molecule has 17 heavy (non-hydrogen) atoms. The van der Waals surface area contributed by atoms with E-state index >= 15 is 0 Å². The monoisotopic (exact) mass is 354 g/mol. The Balaban J connectivity index is -0.00000000653. The Labute approximate surface area is 132 Å². The van der Waals surface area contributed by atoms with Crippen LogP contribution in [0.2, 0.25) is 0 Å². The van der Waals surface area contributed by atoms with Crippen LogP contribution in [0.3, 0.4) is 0 Å². The second kappa shape index (κ2) is 259. The SMILES string of the molecule is N.N.O.[Cr+5].[N-]=C=S.[N-]=C=S.[N-]=C=S.[N-]=C=S.[NH4+]. The van der Waals surface area contributed by atoms with Gasteiger partial charge in [-0.25, -0.2) is 0 Å². The third kappa shape index (κ3) is 15700. The molecule has 12 N–H and O–H groups in total. The molecule has 13 heteroatoms. The van der Waals surface area contributed by atoms with Crippen LogP contribution in [-0.4, -0.2) is 26.1 Å². The molecule has 0 aromatic rings. The second-order valence-electron chi connectivity index (χ2n) is 0.365. The van der Waals surface area contributed by atoms with E-state index in [1.54, 1.807) is 0 Å². The minimum absolute atomic E-state index is 0. The average Bonchev–Trinajstić information content (AvgIpc) is 1.92. The van der Waals surface area contributed by atoms with E-state index in [9.17, 15) is 0 Å². The van der Waals surface area contributed by atoms with Crippen molar-refractivity contribution >= 4 is 69.5 Å². The molecule has 0 aromatic heterocycles. The van der Waals surface area contributed by atoms with Crippen molar-refractivity contribution in [1.82, 2.24) is 18.5 Å². The van der Waals surface area contributed by atoms with Crippen molar-refractivity contribution in [2.75, 3.05) is 0 Å². The summed E-state index contributed by atoms with van der Waals surface area (Å²) >= 11 is 14.8. The molecule has 0 amide bonds. The van der Waals surface area contributed by atoms with Gasteiger partial charge in [0.1, 0.15) is 0 Å². The molecule has 0 aliphatic heterocycles. The third-order valence-corrected chi connectivity index (χ3v) is 0. The van der Waals surface area contributed by atoms with Crippen LogP contribution in [0.5, 0.6) is 0 Å². The Hall–Kier alpha value is -0.428. The Morgan fingerprint density at radius 2 is 0.588 bits per heavy atom. The summed E-state index contributed by atoms with van der Waals surface area (Å²) in [6, 6.07) is 0. The predicted octanol–water partition coefficient (Wildman–Crippen LogP) is 2.51. The van der Waals surface area contributed by atoms with Gasteiger partial charge in [-0.3, -0.25) is 0 Å². The first kappa shape index (κ1) is 70.1. The number of hydrogen-bond donors (Lipinski definition) is 3. The average molecular weight is 354 g/mol. The van der Waals surface area contributed by atoms with E-state index in [1.165, 1.54) is 20.6 Å². The fourth-order valence-electron chi connectivity index (χ4n) is 0. The minimum Gasteiger partial charge on any atom is -0.753 e. The van der Waals surface area contributed by atoms with Gasteiger partial charge in [-0.2, -0.15) is 20.6 Å². The number of rotatable bonds is 0. The van der Waals surface area contributed by atoms with Gasteiger partial charge in [0.05, 0.1) is 0 Å². The van der Waals surface area contributed by atoms with Crippen molar-refractivity contribution in [3.8, 4) is 0 Å². The van der Waals surface area contributed by atoms with Crippen molar-refractivity contribution in [2.24, 2.45) is 0 Å². The summed E-state index contributed by atoms with van der Waals surface area (Å²) in [6.07, 6.45) is 0. The van der Waals surface area contributed by atoms with Crippen molar-refractivity contribution in [3.05, 3.63) is 21.6 Å². The van der Waals surface area contributed by atoms with E-state index < -0.39 is 0 Å². The van der Waals surface area contributed by atoms with Gasteiger partial charge in [0.2, 0.25) is 0 Å². The molecule has 0 saturated carbocycles. The van der Waals surface area contributed by atoms with Crippen LogP contribution >= 0.6 is 48.9 Å². The van der Waals surface area contributed by atoms with Crippen molar-refractivity contribution in [1.29, 1.82) is 0 Å². The maximum atomic E-state index is 7.13. The van der Waals surface area contributed by atoms with Gasteiger partial charge >= 0.3 is 17.4 Å². The van der Waals surface area contributed by atoms with Gasteiger partial charge in [0, 0.05) is 0 Å². The summed E-state index contributed by atoms with van der Waals surface area (Å²) < 4.78 is 0. The van der Waals surface area contributed by atoms with E-state index in [1.807, 2.05) is 0 Å². The van der Waals surface area contributed by atoms with Crippen LogP contribution in [0.25, 0.3) is 21.6 Å². The minimum atomic E-state index is 0. The Kier molecular flexibility index (Phi) is 1070. The summed E-state index contributed by atoms with van der Waals surface area (Å²) in [5.41, 5.74) is 0. The largest absolute Gasteiger partial charge is 5.00 e. The van der Waals surface area contributed by atoms with E-state index in [0.29, 0.717) is 0 Å². The summed E-state index contributed by atoms with van der Waals surface area (Å²) in [5, 5.41) is 33.9. The first-order valence-corrected chi connectivity index (χ1v) is 3.34. The van der Waals surface area contributed by atoms with Gasteiger partial charge in [-0.05, 0) is 0 Å². The molecule has 0 fully saturated rings. The Morgan fingerprint density at radius 3 is 0.588 bits per heavy atom. The summed E-state index contributed by atoms with van der Waals surface area (Å²) in [7, 11) is 0. The van der Waals surface area contributed by atoms with Crippen LogP contribution in [-0.2, 0) is 17.4 Å². The van der Waals surface area contributed by atoms with E-state index in [0.717, 1.165) is 0 Å². The molecule has 0 heterocycles. The fraction of sp³-hybridized carbons (Fsp3) is 0. The standard InChI is InChI=1S/4CNS.Cr.3H3N.H2O/c4*2-1-3;;;;;/h;;;;;3*1H3;1H2/q4*-1;+5;;;;/p+1. The molecule has 97 valence electrons. The molecule has 0 aliphatic carbocycles. The van der Waals surface area contributed by atoms with Crippen molar-refractivity contribution in [3.63, 3.8) is 0 Å². The maximum Gasteiger partial charge on any atom is 5.00 e. The van der Waals surface area contributed by atoms with Gasteiger partial charge in [0.25, 0.3) is 0 Å². The normalized spacial score (nSPS) is 1.88. The number of thiocarbonyl (C=S) groups is 4. The second-order valence-corrected chi connectivity index (χ2v) is 1.10. The van der Waals surface area contributed by atoms with Gasteiger partial charge in [0.15, 0.2) is 0 Å². The molecule has 8 nitrogen and oxygen atoms in total. The summed E-state index contributed by atoms with van der Waals surface area (Å²) in [6.45, 7) is 0. The van der Waals surface area contributed by atoms with Gasteiger partial charge < -0.3 is 45.6 Å². The van der Waals surface area contributed by atoms with Crippen molar-refractivity contribution in [2.45, 2.75) is 0 Å². The first-order chi connectivity index (χ1) is 5.66. The first-order valence-electron chi connectivity index (χ1n) is 1.71. The maximum absolute atomic E-state index is 7.13. The third-order valence-electron chi connectivity index (χ3n) is 0. The van der Waals surface area contributed by atoms with Crippen LogP contribution in [0.15, 0.2) is 0 Å². The Bertz CT molecular complexity index is 166. The van der Waals surface area contributed by atoms with Crippen molar-refractivity contribution < 1.29 is 22.8 Å². The molecule has 0 bridgehead atoms. The molecule has 0 aliphatic rings. The van der Waals surface area contributed by atoms with Crippen LogP contribution < -0.4 is 18.5 Å². The molecule has 1 radical (unpaired) electrons. The summed E-state index contributed by atoms with van der Waals surface area (Å²) in [5.74, 6) is 0. The molecule has 0 unspecified atom stereocenters. The number of nitrogens with zero attached hydrogens (tertiary/aromatic N) is 4. The summed E-state index contributed by atoms with van der Waals surface area (Å²) in [4.78, 5) is 0. The van der Waals surface area contributed by atoms with E-state index in [4.69, 9.17) is 21.6 Å². The van der Waals surface area contributed by atoms with Crippen LogP contribution in [0.1, 0.15) is 0 Å². The molecule has 0 atom stereocenters. The van der Waals surface area contributed by atoms with Crippen LogP contribution in [0.4, 0.5) is 0 Å². The van der Waals surface area contributed by atoms with E-state index in [2.05, 4.69) is 48.9 Å². The number of quaternary nitrogens is 1. The molecule has 0 spiro atoms. The van der Waals surface area contributed by atoms with Gasteiger partial charge in [-0.15, -0.1) is 0 Å². The quantitative estimate of drug-likeness (QED) is 0.436. The number of isothiocyanates is 4. The van der Waals surface area contributed by atoms with Gasteiger partial charge in [-0.1, -0.05) is 48.9 Å².